The number of nitrogens with one attached hydrogen (secondary N) is 2. The Labute approximate surface area is 150 Å². The zero-order chi connectivity index (χ0) is 17.9. The van der Waals surface area contributed by atoms with Crippen molar-refractivity contribution in [2.45, 2.75) is 70.0 Å². The van der Waals surface area contributed by atoms with E-state index in [0.717, 1.165) is 24.9 Å². The van der Waals surface area contributed by atoms with E-state index in [1.54, 1.807) is 28.6 Å². The van der Waals surface area contributed by atoms with Crippen LogP contribution in [0.3, 0.4) is 0 Å². The molecule has 0 aromatic heterocycles. The number of piperidine rings is 1. The van der Waals surface area contributed by atoms with Crippen molar-refractivity contribution >= 4 is 33.0 Å². The number of benzene rings is 1. The lowest BCUT2D eigenvalue weighted by Gasteiger charge is -2.37. The number of rotatable bonds is 4. The normalized spacial score (nSPS) is 22.4. The van der Waals surface area contributed by atoms with E-state index in [9.17, 15) is 8.42 Å². The minimum atomic E-state index is -3.47. The Morgan fingerprint density at radius 1 is 1.17 bits per heavy atom. The highest BCUT2D eigenvalue weighted by Gasteiger charge is 2.35. The molecule has 5 nitrogen and oxygen atoms in total. The van der Waals surface area contributed by atoms with E-state index in [1.165, 1.54) is 0 Å². The Bertz CT molecular complexity index is 662. The predicted octanol–water partition coefficient (Wildman–Crippen LogP) is 3.33. The standard InChI is InChI=1S/C17H27N3O2S2/c1-12(2)18-17(23)19-15-8-10-16(11-9-15)24(21,22)20-13(3)6-5-7-14(20)4/h8-14H,5-7H2,1-4H3,(H2,18,19,23). The molecular weight excluding hydrogens is 342 g/mol. The van der Waals surface area contributed by atoms with Gasteiger partial charge in [-0.15, -0.1) is 0 Å². The van der Waals surface area contributed by atoms with Gasteiger partial charge < -0.3 is 10.6 Å². The molecule has 2 atom stereocenters. The van der Waals surface area contributed by atoms with Crippen LogP contribution in [0.5, 0.6) is 0 Å². The Balaban J connectivity index is 2.15. The van der Waals surface area contributed by atoms with Crippen molar-refractivity contribution in [3.8, 4) is 0 Å². The highest BCUT2D eigenvalue weighted by Crippen LogP contribution is 2.29. The van der Waals surface area contributed by atoms with Crippen LogP contribution in [0.2, 0.25) is 0 Å². The molecule has 0 spiro atoms. The Hall–Kier alpha value is -1.18. The van der Waals surface area contributed by atoms with Crippen molar-refractivity contribution in [2.75, 3.05) is 5.32 Å². The van der Waals surface area contributed by atoms with Gasteiger partial charge in [0, 0.05) is 23.8 Å². The van der Waals surface area contributed by atoms with Crippen LogP contribution in [0, 0.1) is 0 Å². The average molecular weight is 370 g/mol. The van der Waals surface area contributed by atoms with Crippen LogP contribution in [0.4, 0.5) is 5.69 Å². The van der Waals surface area contributed by atoms with Crippen LogP contribution in [-0.2, 0) is 10.0 Å². The second kappa shape index (κ2) is 7.80. The maximum atomic E-state index is 13.0. The summed E-state index contributed by atoms with van der Waals surface area (Å²) in [6, 6.07) is 7.11. The van der Waals surface area contributed by atoms with E-state index < -0.39 is 10.0 Å². The fourth-order valence-corrected chi connectivity index (χ4v) is 5.37. The molecule has 0 bridgehead atoms. The molecule has 1 aromatic rings. The first-order valence-corrected chi connectivity index (χ1v) is 10.3. The highest BCUT2D eigenvalue weighted by atomic mass is 32.2. The molecule has 0 amide bonds. The van der Waals surface area contributed by atoms with Gasteiger partial charge in [-0.2, -0.15) is 4.31 Å². The lowest BCUT2D eigenvalue weighted by Crippen LogP contribution is -2.47. The first kappa shape index (κ1) is 19.1. The third-order valence-electron chi connectivity index (χ3n) is 4.22. The van der Waals surface area contributed by atoms with Gasteiger partial charge in [-0.05, 0) is 77.0 Å². The van der Waals surface area contributed by atoms with E-state index in [-0.39, 0.29) is 18.1 Å². The summed E-state index contributed by atoms with van der Waals surface area (Å²) in [6.45, 7) is 7.98. The minimum absolute atomic E-state index is 0.0411. The molecule has 1 aliphatic rings. The van der Waals surface area contributed by atoms with Crippen LogP contribution in [-0.4, -0.2) is 36.0 Å². The second-order valence-corrected chi connectivity index (χ2v) is 8.99. The van der Waals surface area contributed by atoms with Crippen LogP contribution in [0.25, 0.3) is 0 Å². The van der Waals surface area contributed by atoms with Crippen molar-refractivity contribution in [3.63, 3.8) is 0 Å². The van der Waals surface area contributed by atoms with E-state index in [0.29, 0.717) is 10.0 Å². The second-order valence-electron chi connectivity index (χ2n) is 6.74. The molecule has 2 unspecified atom stereocenters. The summed E-state index contributed by atoms with van der Waals surface area (Å²) in [5, 5.41) is 6.68. The molecule has 7 heteroatoms. The van der Waals surface area contributed by atoms with Gasteiger partial charge in [-0.1, -0.05) is 6.42 Å². The number of thiocarbonyl (C=S) groups is 1. The van der Waals surface area contributed by atoms with Crippen molar-refractivity contribution in [3.05, 3.63) is 24.3 Å². The van der Waals surface area contributed by atoms with Crippen LogP contribution >= 0.6 is 12.2 Å². The maximum absolute atomic E-state index is 13.0. The first-order valence-electron chi connectivity index (χ1n) is 8.43. The maximum Gasteiger partial charge on any atom is 0.243 e. The summed E-state index contributed by atoms with van der Waals surface area (Å²) in [4.78, 5) is 0.330. The molecule has 1 saturated heterocycles. The smallest absolute Gasteiger partial charge is 0.243 e. The van der Waals surface area contributed by atoms with Gasteiger partial charge in [0.25, 0.3) is 0 Å². The Morgan fingerprint density at radius 2 is 1.71 bits per heavy atom. The van der Waals surface area contributed by atoms with Crippen LogP contribution in [0.1, 0.15) is 47.0 Å². The highest BCUT2D eigenvalue weighted by molar-refractivity contribution is 7.89. The summed E-state index contributed by atoms with van der Waals surface area (Å²) in [6.07, 6.45) is 2.91. The van der Waals surface area contributed by atoms with Gasteiger partial charge in [0.2, 0.25) is 10.0 Å². The van der Waals surface area contributed by atoms with Crippen molar-refractivity contribution < 1.29 is 8.42 Å². The minimum Gasteiger partial charge on any atom is -0.360 e. The number of anilines is 1. The molecule has 0 radical (unpaired) electrons. The molecule has 134 valence electrons. The summed E-state index contributed by atoms with van der Waals surface area (Å²) >= 11 is 5.20. The predicted molar refractivity (Wildman–Crippen MR) is 103 cm³/mol. The molecule has 1 fully saturated rings. The first-order chi connectivity index (χ1) is 11.2. The molecule has 2 N–H and O–H groups in total. The Morgan fingerprint density at radius 3 is 2.21 bits per heavy atom. The van der Waals surface area contributed by atoms with Crippen LogP contribution in [0.15, 0.2) is 29.2 Å². The molecule has 0 saturated carbocycles. The van der Waals surface area contributed by atoms with E-state index in [4.69, 9.17) is 12.2 Å². The summed E-state index contributed by atoms with van der Waals surface area (Å²) in [7, 11) is -3.47. The fourth-order valence-electron chi connectivity index (χ4n) is 3.13. The topological polar surface area (TPSA) is 61.4 Å². The van der Waals surface area contributed by atoms with Gasteiger partial charge >= 0.3 is 0 Å². The largest absolute Gasteiger partial charge is 0.360 e. The van der Waals surface area contributed by atoms with E-state index in [2.05, 4.69) is 10.6 Å². The van der Waals surface area contributed by atoms with E-state index >= 15 is 0 Å². The number of hydrogen-bond acceptors (Lipinski definition) is 3. The number of nitrogens with zero attached hydrogens (tertiary/aromatic N) is 1. The SMILES string of the molecule is CC(C)NC(=S)Nc1ccc(S(=O)(=O)N2C(C)CCCC2C)cc1. The molecule has 1 aromatic carbocycles. The molecule has 2 rings (SSSR count). The monoisotopic (exact) mass is 369 g/mol. The average Bonchev–Trinajstić information content (AvgIpc) is 2.46. The van der Waals surface area contributed by atoms with Crippen molar-refractivity contribution in [1.29, 1.82) is 0 Å². The molecule has 1 aliphatic heterocycles. The molecule has 1 heterocycles. The van der Waals surface area contributed by atoms with Gasteiger partial charge in [-0.25, -0.2) is 8.42 Å². The fraction of sp³-hybridized carbons (Fsp3) is 0.588. The lowest BCUT2D eigenvalue weighted by atomic mass is 10.0. The van der Waals surface area contributed by atoms with E-state index in [1.807, 2.05) is 27.7 Å². The summed E-state index contributed by atoms with van der Waals surface area (Å²) in [5.41, 5.74) is 0.770. The Kier molecular flexibility index (Phi) is 6.22. The molecule has 24 heavy (non-hydrogen) atoms. The van der Waals surface area contributed by atoms with Crippen LogP contribution < -0.4 is 10.6 Å². The number of sulfonamides is 1. The third kappa shape index (κ3) is 4.46. The molecule has 0 aliphatic carbocycles. The zero-order valence-electron chi connectivity index (χ0n) is 14.7. The van der Waals surface area contributed by atoms with Gasteiger partial charge in [-0.3, -0.25) is 0 Å². The third-order valence-corrected chi connectivity index (χ3v) is 6.58. The van der Waals surface area contributed by atoms with Gasteiger partial charge in [0.1, 0.15) is 0 Å². The van der Waals surface area contributed by atoms with Gasteiger partial charge in [0.15, 0.2) is 5.11 Å². The quantitative estimate of drug-likeness (QED) is 0.797. The number of hydrogen-bond donors (Lipinski definition) is 2. The summed E-state index contributed by atoms with van der Waals surface area (Å²) < 4.78 is 27.6. The van der Waals surface area contributed by atoms with Crippen molar-refractivity contribution in [2.24, 2.45) is 0 Å². The van der Waals surface area contributed by atoms with Crippen molar-refractivity contribution in [1.82, 2.24) is 9.62 Å². The zero-order valence-corrected chi connectivity index (χ0v) is 16.4. The summed E-state index contributed by atoms with van der Waals surface area (Å²) in [5.74, 6) is 0. The lowest BCUT2D eigenvalue weighted by molar-refractivity contribution is 0.204. The molecular formula is C17H27N3O2S2. The van der Waals surface area contributed by atoms with Gasteiger partial charge in [0.05, 0.1) is 4.90 Å².